The van der Waals surface area contributed by atoms with Gasteiger partial charge in [0.25, 0.3) is 0 Å². The molecule has 0 saturated carbocycles. The predicted molar refractivity (Wildman–Crippen MR) is 122 cm³/mol. The fraction of sp³-hybridized carbons (Fsp3) is 0.400. The van der Waals surface area contributed by atoms with Crippen LogP contribution >= 0.6 is 0 Å². The van der Waals surface area contributed by atoms with E-state index in [0.717, 1.165) is 19.3 Å². The summed E-state index contributed by atoms with van der Waals surface area (Å²) in [7, 11) is 0. The van der Waals surface area contributed by atoms with E-state index in [-0.39, 0.29) is 23.7 Å². The van der Waals surface area contributed by atoms with Crippen LogP contribution in [0, 0.1) is 0 Å². The Hall–Kier alpha value is -2.95. The molecule has 0 radical (unpaired) electrons. The van der Waals surface area contributed by atoms with E-state index >= 15 is 0 Å². The Bertz CT molecular complexity index is 975. The van der Waals surface area contributed by atoms with Crippen LogP contribution in [0.1, 0.15) is 53.4 Å². The quantitative estimate of drug-likeness (QED) is 0.266. The molecule has 0 spiro atoms. The lowest BCUT2D eigenvalue weighted by molar-refractivity contribution is 0.289. The van der Waals surface area contributed by atoms with E-state index in [1.54, 1.807) is 18.2 Å². The van der Waals surface area contributed by atoms with Gasteiger partial charge in [-0.1, -0.05) is 42.4 Å². The van der Waals surface area contributed by atoms with E-state index in [2.05, 4.69) is 26.8 Å². The van der Waals surface area contributed by atoms with E-state index in [4.69, 9.17) is 13.9 Å². The Morgan fingerprint density at radius 1 is 1.10 bits per heavy atom. The van der Waals surface area contributed by atoms with Crippen molar-refractivity contribution in [1.82, 2.24) is 0 Å². The van der Waals surface area contributed by atoms with Crippen LogP contribution in [0.15, 0.2) is 62.9 Å². The Morgan fingerprint density at radius 2 is 1.90 bits per heavy atom. The van der Waals surface area contributed by atoms with Crippen LogP contribution in [0.2, 0.25) is 0 Å². The molecule has 0 amide bonds. The van der Waals surface area contributed by atoms with Gasteiger partial charge in [-0.15, -0.1) is 0 Å². The van der Waals surface area contributed by atoms with Crippen molar-refractivity contribution in [2.75, 3.05) is 13.2 Å². The zero-order chi connectivity index (χ0) is 21.9. The van der Waals surface area contributed by atoms with Crippen molar-refractivity contribution in [1.29, 1.82) is 0 Å². The van der Waals surface area contributed by atoms with E-state index in [1.165, 1.54) is 11.1 Å². The molecule has 0 aliphatic carbocycles. The van der Waals surface area contributed by atoms with Crippen molar-refractivity contribution in [2.45, 2.75) is 53.4 Å². The fourth-order valence-corrected chi connectivity index (χ4v) is 2.91. The molecule has 1 N–H and O–H groups in total. The van der Waals surface area contributed by atoms with Gasteiger partial charge in [0, 0.05) is 0 Å². The summed E-state index contributed by atoms with van der Waals surface area (Å²) < 4.78 is 16.7. The third-order valence-electron chi connectivity index (χ3n) is 4.52. The highest BCUT2D eigenvalue weighted by Crippen LogP contribution is 2.37. The Balaban J connectivity index is 2.16. The highest BCUT2D eigenvalue weighted by Gasteiger charge is 2.18. The first-order valence-corrected chi connectivity index (χ1v) is 10.4. The number of benzene rings is 1. The zero-order valence-electron chi connectivity index (χ0n) is 18.4. The van der Waals surface area contributed by atoms with E-state index in [1.807, 2.05) is 25.2 Å². The molecule has 5 nitrogen and oxygen atoms in total. The molecule has 0 aliphatic rings. The summed E-state index contributed by atoms with van der Waals surface area (Å²) >= 11 is 0. The SMILES string of the molecule is CC/C=C/CCOc1c(O)c2c(OC/C=C(\C)CCC=C(C)C)cccc2oc1=O. The first-order valence-electron chi connectivity index (χ1n) is 10.4. The van der Waals surface area contributed by atoms with Crippen molar-refractivity contribution in [3.05, 3.63) is 64.1 Å². The number of hydrogen-bond donors (Lipinski definition) is 1. The summed E-state index contributed by atoms with van der Waals surface area (Å²) in [5.74, 6) is 0.00954. The van der Waals surface area contributed by atoms with Gasteiger partial charge in [0.05, 0.1) is 6.61 Å². The number of allylic oxidation sites excluding steroid dienone is 4. The molecule has 1 aromatic carbocycles. The molecule has 5 heteroatoms. The molecular formula is C25H32O5. The average Bonchev–Trinajstić information content (AvgIpc) is 2.69. The number of rotatable bonds is 11. The Morgan fingerprint density at radius 3 is 2.63 bits per heavy atom. The van der Waals surface area contributed by atoms with Crippen LogP contribution < -0.4 is 15.1 Å². The number of fused-ring (bicyclic) bond motifs is 1. The monoisotopic (exact) mass is 412 g/mol. The Kier molecular flexibility index (Phi) is 9.26. The molecule has 0 atom stereocenters. The van der Waals surface area contributed by atoms with Gasteiger partial charge in [-0.2, -0.15) is 0 Å². The molecule has 30 heavy (non-hydrogen) atoms. The van der Waals surface area contributed by atoms with Crippen LogP contribution in [-0.4, -0.2) is 18.3 Å². The number of hydrogen-bond acceptors (Lipinski definition) is 5. The van der Waals surface area contributed by atoms with Gasteiger partial charge in [-0.25, -0.2) is 4.79 Å². The van der Waals surface area contributed by atoms with Crippen molar-refractivity contribution in [2.24, 2.45) is 0 Å². The fourth-order valence-electron chi connectivity index (χ4n) is 2.91. The lowest BCUT2D eigenvalue weighted by atomic mass is 10.1. The van der Waals surface area contributed by atoms with Crippen LogP contribution in [0.5, 0.6) is 17.2 Å². The second-order valence-electron chi connectivity index (χ2n) is 7.39. The molecule has 0 saturated heterocycles. The molecule has 1 heterocycles. The molecule has 162 valence electrons. The number of aromatic hydroxyl groups is 1. The molecule has 0 fully saturated rings. The largest absolute Gasteiger partial charge is 0.503 e. The van der Waals surface area contributed by atoms with Crippen LogP contribution in [0.25, 0.3) is 11.0 Å². The molecule has 2 aromatic rings. The smallest absolute Gasteiger partial charge is 0.383 e. The molecule has 0 bridgehead atoms. The molecular weight excluding hydrogens is 380 g/mol. The highest BCUT2D eigenvalue weighted by atomic mass is 16.5. The van der Waals surface area contributed by atoms with Gasteiger partial charge in [0.1, 0.15) is 23.3 Å². The first kappa shape index (κ1) is 23.3. The van der Waals surface area contributed by atoms with Crippen molar-refractivity contribution >= 4 is 11.0 Å². The van der Waals surface area contributed by atoms with Crippen LogP contribution in [-0.2, 0) is 0 Å². The zero-order valence-corrected chi connectivity index (χ0v) is 18.4. The second kappa shape index (κ2) is 11.9. The highest BCUT2D eigenvalue weighted by molar-refractivity contribution is 5.91. The third-order valence-corrected chi connectivity index (χ3v) is 4.52. The van der Waals surface area contributed by atoms with Gasteiger partial charge < -0.3 is 19.0 Å². The number of ether oxygens (including phenoxy) is 2. The summed E-state index contributed by atoms with van der Waals surface area (Å²) in [6.45, 7) is 8.93. The van der Waals surface area contributed by atoms with Crippen molar-refractivity contribution < 1.29 is 19.0 Å². The maximum Gasteiger partial charge on any atom is 0.383 e. The summed E-state index contributed by atoms with van der Waals surface area (Å²) in [5.41, 5.74) is 2.10. The average molecular weight is 413 g/mol. The van der Waals surface area contributed by atoms with Gasteiger partial charge >= 0.3 is 5.63 Å². The van der Waals surface area contributed by atoms with Crippen LogP contribution in [0.4, 0.5) is 0 Å². The predicted octanol–water partition coefficient (Wildman–Crippen LogP) is 6.31. The second-order valence-corrected chi connectivity index (χ2v) is 7.39. The maximum atomic E-state index is 12.2. The summed E-state index contributed by atoms with van der Waals surface area (Å²) in [4.78, 5) is 12.2. The lowest BCUT2D eigenvalue weighted by Crippen LogP contribution is -2.08. The topological polar surface area (TPSA) is 68.9 Å². The molecule has 1 aromatic heterocycles. The first-order chi connectivity index (χ1) is 14.4. The Labute approximate surface area is 178 Å². The minimum absolute atomic E-state index is 0.183. The standard InChI is InChI=1S/C25H32O5/c1-5-6-7-8-16-29-24-23(26)22-20(13-10-14-21(22)30-25(24)27)28-17-15-19(4)12-9-11-18(2)3/h6-7,10-11,13-15,26H,5,8-9,12,16-17H2,1-4H3/b7-6+,19-15+. The van der Waals surface area contributed by atoms with Crippen molar-refractivity contribution in [3.8, 4) is 17.2 Å². The van der Waals surface area contributed by atoms with E-state index in [0.29, 0.717) is 24.2 Å². The molecule has 0 aliphatic heterocycles. The van der Waals surface area contributed by atoms with Gasteiger partial charge in [-0.05, 0) is 64.7 Å². The van der Waals surface area contributed by atoms with Crippen LogP contribution in [0.3, 0.4) is 0 Å². The third kappa shape index (κ3) is 6.83. The molecule has 2 rings (SSSR count). The maximum absolute atomic E-state index is 12.2. The summed E-state index contributed by atoms with van der Waals surface area (Å²) in [5, 5.41) is 11.0. The van der Waals surface area contributed by atoms with Gasteiger partial charge in [-0.3, -0.25) is 0 Å². The van der Waals surface area contributed by atoms with E-state index < -0.39 is 5.63 Å². The lowest BCUT2D eigenvalue weighted by Gasteiger charge is -2.11. The van der Waals surface area contributed by atoms with E-state index in [9.17, 15) is 9.90 Å². The van der Waals surface area contributed by atoms with Gasteiger partial charge in [0.2, 0.25) is 5.75 Å². The van der Waals surface area contributed by atoms with Crippen molar-refractivity contribution in [3.63, 3.8) is 0 Å². The summed E-state index contributed by atoms with van der Waals surface area (Å²) in [6, 6.07) is 5.08. The summed E-state index contributed by atoms with van der Waals surface area (Å²) in [6.07, 6.45) is 11.8. The minimum Gasteiger partial charge on any atom is -0.503 e. The normalized spacial score (nSPS) is 11.8. The van der Waals surface area contributed by atoms with Gasteiger partial charge in [0.15, 0.2) is 5.75 Å². The molecule has 0 unspecified atom stereocenters. The minimum atomic E-state index is -0.702.